The fourth-order valence-electron chi connectivity index (χ4n) is 2.48. The zero-order valence-corrected chi connectivity index (χ0v) is 9.02. The van der Waals surface area contributed by atoms with Crippen LogP contribution in [-0.2, 0) is 9.84 Å². The summed E-state index contributed by atoms with van der Waals surface area (Å²) < 4.78 is 23.3. The number of nitriles is 1. The molecule has 0 aromatic carbocycles. The molecule has 0 heterocycles. The van der Waals surface area contributed by atoms with Crippen LogP contribution in [0, 0.1) is 11.3 Å². The predicted octanol–water partition coefficient (Wildman–Crippen LogP) is 1.79. The van der Waals surface area contributed by atoms with Gasteiger partial charge in [0.2, 0.25) is 0 Å². The lowest BCUT2D eigenvalue weighted by Gasteiger charge is -2.36. The Labute approximate surface area is 85.0 Å². The van der Waals surface area contributed by atoms with Gasteiger partial charge in [-0.05, 0) is 32.1 Å². The Morgan fingerprint density at radius 3 is 2.07 bits per heavy atom. The summed E-state index contributed by atoms with van der Waals surface area (Å²) in [6, 6.07) is 2.04. The highest BCUT2D eigenvalue weighted by molar-refractivity contribution is 7.93. The third kappa shape index (κ3) is 1.18. The van der Waals surface area contributed by atoms with Crippen molar-refractivity contribution in [1.29, 1.82) is 5.26 Å². The highest BCUT2D eigenvalue weighted by Gasteiger charge is 2.52. The highest BCUT2D eigenvalue weighted by Crippen LogP contribution is 2.43. The maximum Gasteiger partial charge on any atom is 0.172 e. The van der Waals surface area contributed by atoms with E-state index < -0.39 is 14.6 Å². The minimum atomic E-state index is -3.17. The number of hydrogen-bond donors (Lipinski definition) is 0. The molecule has 2 aliphatic rings. The van der Waals surface area contributed by atoms with Crippen molar-refractivity contribution in [3.8, 4) is 6.07 Å². The molecule has 2 aliphatic carbocycles. The first-order valence-electron chi connectivity index (χ1n) is 5.27. The summed E-state index contributed by atoms with van der Waals surface area (Å²) in [5, 5.41) is 8.78. The first-order valence-corrected chi connectivity index (χ1v) is 6.82. The van der Waals surface area contributed by atoms with Crippen molar-refractivity contribution in [2.75, 3.05) is 0 Å². The molecule has 0 spiro atoms. The van der Waals surface area contributed by atoms with Gasteiger partial charge in [-0.3, -0.25) is 0 Å². The van der Waals surface area contributed by atoms with Crippen molar-refractivity contribution < 1.29 is 8.42 Å². The average Bonchev–Trinajstić information content (AvgIpc) is 2.53. The van der Waals surface area contributed by atoms with Crippen LogP contribution < -0.4 is 0 Å². The van der Waals surface area contributed by atoms with E-state index in [-0.39, 0.29) is 5.25 Å². The first kappa shape index (κ1) is 9.97. The summed E-state index contributed by atoms with van der Waals surface area (Å²) in [5.74, 6) is 0. The van der Waals surface area contributed by atoms with E-state index >= 15 is 0 Å². The Kier molecular flexibility index (Phi) is 2.30. The molecule has 2 fully saturated rings. The predicted molar refractivity (Wildman–Crippen MR) is 53.4 cm³/mol. The smallest absolute Gasteiger partial charge is 0.172 e. The zero-order chi connectivity index (χ0) is 10.2. The van der Waals surface area contributed by atoms with Crippen LogP contribution in [0.3, 0.4) is 0 Å². The number of rotatable bonds is 2. The fourth-order valence-corrected chi connectivity index (χ4v) is 5.05. The van der Waals surface area contributed by atoms with Gasteiger partial charge >= 0.3 is 0 Å². The standard InChI is InChI=1S/C10H15NO2S/c11-8-10(6-3-7-10)14(12,13)9-4-1-2-5-9/h9H,1-7H2. The number of hydrogen-bond acceptors (Lipinski definition) is 3. The molecule has 0 aromatic heterocycles. The third-order valence-electron chi connectivity index (χ3n) is 3.65. The molecule has 0 aliphatic heterocycles. The van der Waals surface area contributed by atoms with Crippen molar-refractivity contribution in [2.24, 2.45) is 0 Å². The largest absolute Gasteiger partial charge is 0.227 e. The molecule has 4 heteroatoms. The zero-order valence-electron chi connectivity index (χ0n) is 8.20. The van der Waals surface area contributed by atoms with Gasteiger partial charge in [-0.1, -0.05) is 12.8 Å². The van der Waals surface area contributed by atoms with E-state index in [0.717, 1.165) is 32.1 Å². The van der Waals surface area contributed by atoms with E-state index in [4.69, 9.17) is 5.26 Å². The van der Waals surface area contributed by atoms with E-state index in [0.29, 0.717) is 12.8 Å². The maximum absolute atomic E-state index is 12.1. The first-order chi connectivity index (χ1) is 6.62. The monoisotopic (exact) mass is 213 g/mol. The molecule has 14 heavy (non-hydrogen) atoms. The van der Waals surface area contributed by atoms with Gasteiger partial charge in [0.05, 0.1) is 11.3 Å². The van der Waals surface area contributed by atoms with Crippen LogP contribution >= 0.6 is 0 Å². The molecule has 0 N–H and O–H groups in total. The molecule has 78 valence electrons. The second kappa shape index (κ2) is 3.23. The summed E-state index contributed by atoms with van der Waals surface area (Å²) in [6.07, 6.45) is 5.55. The molecule has 0 aromatic rings. The van der Waals surface area contributed by atoms with Gasteiger partial charge < -0.3 is 0 Å². The number of nitrogens with zero attached hydrogens (tertiary/aromatic N) is 1. The molecule has 2 rings (SSSR count). The summed E-state index contributed by atoms with van der Waals surface area (Å²) in [6.45, 7) is 0. The van der Waals surface area contributed by atoms with Crippen molar-refractivity contribution in [2.45, 2.75) is 54.9 Å². The fraction of sp³-hybridized carbons (Fsp3) is 0.900. The number of sulfone groups is 1. The van der Waals surface area contributed by atoms with Gasteiger partial charge in [0.25, 0.3) is 0 Å². The van der Waals surface area contributed by atoms with Crippen LogP contribution in [0.15, 0.2) is 0 Å². The van der Waals surface area contributed by atoms with Gasteiger partial charge in [0, 0.05) is 0 Å². The Bertz CT molecular complexity index is 356. The van der Waals surface area contributed by atoms with E-state index in [1.165, 1.54) is 0 Å². The quantitative estimate of drug-likeness (QED) is 0.702. The molecular weight excluding hydrogens is 198 g/mol. The normalized spacial score (nSPS) is 26.8. The molecule has 0 radical (unpaired) electrons. The second-order valence-corrected chi connectivity index (χ2v) is 6.95. The molecule has 0 amide bonds. The van der Waals surface area contributed by atoms with Crippen LogP contribution in [0.25, 0.3) is 0 Å². The van der Waals surface area contributed by atoms with Gasteiger partial charge in [0.1, 0.15) is 0 Å². The van der Waals surface area contributed by atoms with Crippen molar-refractivity contribution in [3.05, 3.63) is 0 Å². The van der Waals surface area contributed by atoms with E-state index in [2.05, 4.69) is 0 Å². The van der Waals surface area contributed by atoms with Crippen LogP contribution in [0.2, 0.25) is 0 Å². The molecule has 0 unspecified atom stereocenters. The summed E-state index contributed by atoms with van der Waals surface area (Å²) in [7, 11) is -3.17. The van der Waals surface area contributed by atoms with Crippen molar-refractivity contribution in [1.82, 2.24) is 0 Å². The minimum Gasteiger partial charge on any atom is -0.227 e. The Hall–Kier alpha value is -0.560. The summed E-state index contributed by atoms with van der Waals surface area (Å²) in [5.41, 5.74) is 0. The van der Waals surface area contributed by atoms with Crippen molar-refractivity contribution in [3.63, 3.8) is 0 Å². The molecule has 0 saturated heterocycles. The molecule has 2 saturated carbocycles. The minimum absolute atomic E-state index is 0.220. The lowest BCUT2D eigenvalue weighted by atomic mass is 9.86. The topological polar surface area (TPSA) is 57.9 Å². The van der Waals surface area contributed by atoms with Crippen LogP contribution in [-0.4, -0.2) is 18.4 Å². The Morgan fingerprint density at radius 2 is 1.71 bits per heavy atom. The van der Waals surface area contributed by atoms with Gasteiger partial charge in [-0.25, -0.2) is 8.42 Å². The summed E-state index contributed by atoms with van der Waals surface area (Å²) in [4.78, 5) is 0. The highest BCUT2D eigenvalue weighted by atomic mass is 32.2. The molecule has 0 bridgehead atoms. The average molecular weight is 213 g/mol. The van der Waals surface area contributed by atoms with Crippen LogP contribution in [0.4, 0.5) is 0 Å². The van der Waals surface area contributed by atoms with E-state index in [1.807, 2.05) is 6.07 Å². The third-order valence-corrected chi connectivity index (χ3v) is 6.59. The maximum atomic E-state index is 12.1. The lowest BCUT2D eigenvalue weighted by molar-refractivity contribution is 0.401. The van der Waals surface area contributed by atoms with Gasteiger partial charge in [-0.15, -0.1) is 0 Å². The summed E-state index contributed by atoms with van der Waals surface area (Å²) >= 11 is 0. The lowest BCUT2D eigenvalue weighted by Crippen LogP contribution is -2.47. The molecule has 3 nitrogen and oxygen atoms in total. The molecule has 0 atom stereocenters. The van der Waals surface area contributed by atoms with Gasteiger partial charge in [0.15, 0.2) is 14.6 Å². The molecular formula is C10H15NO2S. The Morgan fingerprint density at radius 1 is 1.14 bits per heavy atom. The Balaban J connectivity index is 2.27. The van der Waals surface area contributed by atoms with E-state index in [9.17, 15) is 8.42 Å². The van der Waals surface area contributed by atoms with Crippen molar-refractivity contribution >= 4 is 9.84 Å². The SMILES string of the molecule is N#CC1(S(=O)(=O)C2CCCC2)CCC1. The second-order valence-electron chi connectivity index (χ2n) is 4.41. The van der Waals surface area contributed by atoms with Gasteiger partial charge in [-0.2, -0.15) is 5.26 Å². The van der Waals surface area contributed by atoms with Crippen LogP contribution in [0.1, 0.15) is 44.9 Å². The van der Waals surface area contributed by atoms with E-state index in [1.54, 1.807) is 0 Å². The van der Waals surface area contributed by atoms with Crippen LogP contribution in [0.5, 0.6) is 0 Å².